The Labute approximate surface area is 169 Å². The van der Waals surface area contributed by atoms with Crippen LogP contribution in [-0.2, 0) is 0 Å². The molecule has 146 valence electrons. The summed E-state index contributed by atoms with van der Waals surface area (Å²) in [7, 11) is 0. The first kappa shape index (κ1) is 19.0. The fourth-order valence-corrected chi connectivity index (χ4v) is 2.92. The maximum atomic E-state index is 14.2. The predicted octanol–water partition coefficient (Wildman–Crippen LogP) is 6.01. The highest BCUT2D eigenvalue weighted by molar-refractivity contribution is 6.30. The Morgan fingerprint density at radius 1 is 0.862 bits per heavy atom. The van der Waals surface area contributed by atoms with Crippen molar-refractivity contribution in [2.24, 2.45) is 0 Å². The molecule has 1 N–H and O–H groups in total. The lowest BCUT2D eigenvalue weighted by molar-refractivity contribution is 0.492. The minimum atomic E-state index is -0.770. The van der Waals surface area contributed by atoms with E-state index in [-0.39, 0.29) is 17.5 Å². The molecule has 4 nitrogen and oxygen atoms in total. The van der Waals surface area contributed by atoms with Crippen LogP contribution >= 0.6 is 11.6 Å². The highest BCUT2D eigenvalue weighted by Gasteiger charge is 2.23. The van der Waals surface area contributed by atoms with E-state index in [0.29, 0.717) is 16.1 Å². The molecule has 0 bridgehead atoms. The molecule has 4 rings (SSSR count). The third-order valence-corrected chi connectivity index (χ3v) is 4.45. The number of anilines is 1. The van der Waals surface area contributed by atoms with Gasteiger partial charge in [-0.3, -0.25) is 0 Å². The van der Waals surface area contributed by atoms with Crippen molar-refractivity contribution in [3.05, 3.63) is 101 Å². The van der Waals surface area contributed by atoms with Gasteiger partial charge >= 0.3 is 0 Å². The number of nitrogens with zero attached hydrogens (tertiary/aromatic N) is 2. The number of nitrogens with one attached hydrogen (secondary N) is 1. The van der Waals surface area contributed by atoms with Crippen LogP contribution in [0.25, 0.3) is 11.5 Å². The van der Waals surface area contributed by atoms with Gasteiger partial charge in [-0.25, -0.2) is 13.2 Å². The maximum absolute atomic E-state index is 14.2. The number of hydrogen-bond acceptors (Lipinski definition) is 4. The van der Waals surface area contributed by atoms with Gasteiger partial charge in [-0.1, -0.05) is 29.8 Å². The van der Waals surface area contributed by atoms with Gasteiger partial charge in [0.15, 0.2) is 0 Å². The van der Waals surface area contributed by atoms with Crippen molar-refractivity contribution in [3.63, 3.8) is 0 Å². The predicted molar refractivity (Wildman–Crippen MR) is 103 cm³/mol. The fourth-order valence-electron chi connectivity index (χ4n) is 2.79. The second-order valence-electron chi connectivity index (χ2n) is 6.21. The summed E-state index contributed by atoms with van der Waals surface area (Å²) in [5, 5.41) is 11.5. The van der Waals surface area contributed by atoms with E-state index in [1.54, 1.807) is 30.3 Å². The quantitative estimate of drug-likeness (QED) is 0.433. The Balaban J connectivity index is 1.73. The number of rotatable bonds is 5. The smallest absolute Gasteiger partial charge is 0.247 e. The Kier molecular flexibility index (Phi) is 5.22. The summed E-state index contributed by atoms with van der Waals surface area (Å²) < 4.78 is 46.7. The lowest BCUT2D eigenvalue weighted by Crippen LogP contribution is -2.14. The Hall–Kier alpha value is -3.32. The molecule has 1 heterocycles. The van der Waals surface area contributed by atoms with Gasteiger partial charge in [0.1, 0.15) is 23.5 Å². The first-order valence-corrected chi connectivity index (χ1v) is 8.94. The number of hydrogen-bond donors (Lipinski definition) is 1. The van der Waals surface area contributed by atoms with Crippen LogP contribution in [0, 0.1) is 17.5 Å². The van der Waals surface area contributed by atoms with Crippen LogP contribution in [0.2, 0.25) is 5.02 Å². The van der Waals surface area contributed by atoms with Gasteiger partial charge < -0.3 is 9.73 Å². The zero-order chi connectivity index (χ0) is 20.4. The number of benzene rings is 3. The van der Waals surface area contributed by atoms with E-state index >= 15 is 0 Å². The molecule has 0 aliphatic rings. The molecule has 0 fully saturated rings. The molecule has 0 saturated heterocycles. The van der Waals surface area contributed by atoms with Crippen LogP contribution in [-0.4, -0.2) is 10.2 Å². The van der Waals surface area contributed by atoms with Crippen LogP contribution in [0.5, 0.6) is 0 Å². The monoisotopic (exact) mass is 415 g/mol. The summed E-state index contributed by atoms with van der Waals surface area (Å²) in [6, 6.07) is 14.9. The highest BCUT2D eigenvalue weighted by Crippen LogP contribution is 2.30. The van der Waals surface area contributed by atoms with E-state index in [4.69, 9.17) is 16.0 Å². The van der Waals surface area contributed by atoms with Gasteiger partial charge in [-0.15, -0.1) is 10.2 Å². The average Bonchev–Trinajstić information content (AvgIpc) is 3.18. The molecule has 3 aromatic carbocycles. The molecule has 4 aromatic rings. The molecule has 0 spiro atoms. The van der Waals surface area contributed by atoms with E-state index < -0.39 is 23.5 Å². The Morgan fingerprint density at radius 3 is 2.34 bits per heavy atom. The standard InChI is InChI=1S/C21H13ClF3N3O/c22-14-6-4-12(5-7-14)19(26-18-9-8-16(24)11-17(18)25)21-28-27-20(29-21)13-2-1-3-15(23)10-13/h1-11,19,26H/t19-/m0/s1. The van der Waals surface area contributed by atoms with Crippen LogP contribution < -0.4 is 5.32 Å². The van der Waals surface area contributed by atoms with Gasteiger partial charge in [-0.2, -0.15) is 0 Å². The van der Waals surface area contributed by atoms with Crippen LogP contribution in [0.15, 0.2) is 71.1 Å². The normalized spacial score (nSPS) is 12.0. The van der Waals surface area contributed by atoms with E-state index in [1.165, 1.54) is 24.3 Å². The van der Waals surface area contributed by atoms with Crippen molar-refractivity contribution < 1.29 is 17.6 Å². The molecule has 0 aliphatic heterocycles. The van der Waals surface area contributed by atoms with Crippen molar-refractivity contribution in [1.82, 2.24) is 10.2 Å². The average molecular weight is 416 g/mol. The molecular weight excluding hydrogens is 403 g/mol. The van der Waals surface area contributed by atoms with Gasteiger partial charge in [0.2, 0.25) is 11.8 Å². The van der Waals surface area contributed by atoms with Crippen molar-refractivity contribution in [2.45, 2.75) is 6.04 Å². The first-order valence-electron chi connectivity index (χ1n) is 8.56. The van der Waals surface area contributed by atoms with Crippen LogP contribution in [0.1, 0.15) is 17.5 Å². The summed E-state index contributed by atoms with van der Waals surface area (Å²) in [6.07, 6.45) is 0. The largest absolute Gasteiger partial charge is 0.418 e. The molecule has 0 unspecified atom stereocenters. The SMILES string of the molecule is Fc1cccc(-c2nnc([C@@H](Nc3ccc(F)cc3F)c3ccc(Cl)cc3)o2)c1. The van der Waals surface area contributed by atoms with Gasteiger partial charge in [0.05, 0.1) is 5.69 Å². The Morgan fingerprint density at radius 2 is 1.62 bits per heavy atom. The van der Waals surface area contributed by atoms with E-state index in [9.17, 15) is 13.2 Å². The molecule has 0 saturated carbocycles. The summed E-state index contributed by atoms with van der Waals surface area (Å²) >= 11 is 5.96. The molecular formula is C21H13ClF3N3O. The molecule has 1 aromatic heterocycles. The summed E-state index contributed by atoms with van der Waals surface area (Å²) in [4.78, 5) is 0. The lowest BCUT2D eigenvalue weighted by Gasteiger charge is -2.17. The second kappa shape index (κ2) is 7.97. The number of aromatic nitrogens is 2. The van der Waals surface area contributed by atoms with Crippen molar-refractivity contribution >= 4 is 17.3 Å². The van der Waals surface area contributed by atoms with Gasteiger partial charge in [-0.05, 0) is 48.0 Å². The van der Waals surface area contributed by atoms with E-state index in [1.807, 2.05) is 0 Å². The third-order valence-electron chi connectivity index (χ3n) is 4.19. The van der Waals surface area contributed by atoms with Gasteiger partial charge in [0.25, 0.3) is 0 Å². The zero-order valence-electron chi connectivity index (χ0n) is 14.7. The number of halogens is 4. The van der Waals surface area contributed by atoms with Crippen molar-refractivity contribution in [1.29, 1.82) is 0 Å². The third kappa shape index (κ3) is 4.25. The van der Waals surface area contributed by atoms with Crippen molar-refractivity contribution in [2.75, 3.05) is 5.32 Å². The summed E-state index contributed by atoms with van der Waals surface area (Å²) in [5.41, 5.74) is 1.12. The first-order chi connectivity index (χ1) is 14.0. The molecule has 0 amide bonds. The maximum Gasteiger partial charge on any atom is 0.247 e. The van der Waals surface area contributed by atoms with E-state index in [2.05, 4.69) is 15.5 Å². The molecule has 0 aliphatic carbocycles. The Bertz CT molecular complexity index is 1150. The zero-order valence-corrected chi connectivity index (χ0v) is 15.5. The second-order valence-corrected chi connectivity index (χ2v) is 6.65. The topological polar surface area (TPSA) is 51.0 Å². The minimum Gasteiger partial charge on any atom is -0.418 e. The van der Waals surface area contributed by atoms with Crippen LogP contribution in [0.3, 0.4) is 0 Å². The van der Waals surface area contributed by atoms with Crippen LogP contribution in [0.4, 0.5) is 18.9 Å². The summed E-state index contributed by atoms with van der Waals surface area (Å²) in [5.74, 6) is -1.67. The minimum absolute atomic E-state index is 0.0526. The van der Waals surface area contributed by atoms with Gasteiger partial charge in [0, 0.05) is 16.7 Å². The lowest BCUT2D eigenvalue weighted by atomic mass is 10.1. The van der Waals surface area contributed by atoms with E-state index in [0.717, 1.165) is 12.1 Å². The molecule has 8 heteroatoms. The molecule has 1 atom stereocenters. The fraction of sp³-hybridized carbons (Fsp3) is 0.0476. The summed E-state index contributed by atoms with van der Waals surface area (Å²) in [6.45, 7) is 0. The highest BCUT2D eigenvalue weighted by atomic mass is 35.5. The van der Waals surface area contributed by atoms with Crippen molar-refractivity contribution in [3.8, 4) is 11.5 Å². The molecule has 0 radical (unpaired) electrons. The molecule has 29 heavy (non-hydrogen) atoms.